The van der Waals surface area contributed by atoms with Gasteiger partial charge < -0.3 is 14.4 Å². The predicted octanol–water partition coefficient (Wildman–Crippen LogP) is 3.89. The third-order valence-electron chi connectivity index (χ3n) is 5.02. The summed E-state index contributed by atoms with van der Waals surface area (Å²) in [6, 6.07) is 15.3. The van der Waals surface area contributed by atoms with Gasteiger partial charge in [-0.05, 0) is 23.4 Å². The molecule has 0 amide bonds. The molecular weight excluding hydrogens is 344 g/mol. The molecule has 2 aliphatic rings. The molecule has 1 fully saturated rings. The Morgan fingerprint density at radius 3 is 2.65 bits per heavy atom. The van der Waals surface area contributed by atoms with Crippen LogP contribution in [0.1, 0.15) is 22.9 Å². The van der Waals surface area contributed by atoms with Crippen molar-refractivity contribution in [3.05, 3.63) is 70.2 Å². The maximum Gasteiger partial charge on any atom is 0.161 e. The van der Waals surface area contributed by atoms with Crippen LogP contribution in [0.25, 0.3) is 0 Å². The summed E-state index contributed by atoms with van der Waals surface area (Å²) in [4.78, 5) is 6.29. The van der Waals surface area contributed by atoms with E-state index in [2.05, 4.69) is 63.8 Å². The number of hydrogen-bond acceptors (Lipinski definition) is 5. The summed E-state index contributed by atoms with van der Waals surface area (Å²) in [5.41, 5.74) is 1.29. The highest BCUT2D eigenvalue weighted by Crippen LogP contribution is 2.32. The van der Waals surface area contributed by atoms with Crippen LogP contribution in [0, 0.1) is 0 Å². The molecule has 0 N–H and O–H groups in total. The molecule has 138 valence electrons. The molecule has 2 aliphatic heterocycles. The summed E-state index contributed by atoms with van der Waals surface area (Å²) in [6.45, 7) is 5.55. The van der Waals surface area contributed by atoms with Crippen LogP contribution in [0.3, 0.4) is 0 Å². The molecule has 4 rings (SSSR count). The first-order chi connectivity index (χ1) is 12.9. The quantitative estimate of drug-likeness (QED) is 0.738. The highest BCUT2D eigenvalue weighted by Gasteiger charge is 2.25. The van der Waals surface area contributed by atoms with E-state index in [1.165, 1.54) is 10.4 Å². The second-order valence-corrected chi connectivity index (χ2v) is 7.80. The second-order valence-electron chi connectivity index (χ2n) is 6.82. The van der Waals surface area contributed by atoms with E-state index in [1.54, 1.807) is 0 Å². The number of hydrogen-bond donors (Lipinski definition) is 0. The third-order valence-corrected chi connectivity index (χ3v) is 6.00. The summed E-state index contributed by atoms with van der Waals surface area (Å²) in [7, 11) is 0. The lowest BCUT2D eigenvalue weighted by molar-refractivity contribution is 0.0323. The maximum atomic E-state index is 6.00. The standard InChI is InChI=1S/C21H26N2O2S/c1-2-5-18(6-3-1)15-19-16-23(17-25-19)20(21-7-4-14-26-21)8-9-22-10-12-24-13-11-22/h1-7,14,16,20H,8-13,15,17H2. The predicted molar refractivity (Wildman–Crippen MR) is 105 cm³/mol. The molecule has 3 heterocycles. The van der Waals surface area contributed by atoms with E-state index in [9.17, 15) is 0 Å². The van der Waals surface area contributed by atoms with Crippen molar-refractivity contribution in [1.29, 1.82) is 0 Å². The molecule has 1 aromatic carbocycles. The Morgan fingerprint density at radius 2 is 1.88 bits per heavy atom. The highest BCUT2D eigenvalue weighted by molar-refractivity contribution is 7.10. The van der Waals surface area contributed by atoms with Crippen molar-refractivity contribution in [2.75, 3.05) is 39.6 Å². The Balaban J connectivity index is 1.42. The van der Waals surface area contributed by atoms with Gasteiger partial charge in [-0.3, -0.25) is 4.90 Å². The first-order valence-electron chi connectivity index (χ1n) is 9.35. The van der Waals surface area contributed by atoms with Gasteiger partial charge in [-0.2, -0.15) is 0 Å². The SMILES string of the molecule is C1=C(Cc2ccccc2)OCN1C(CCN1CCOCC1)c1cccs1. The van der Waals surface area contributed by atoms with Gasteiger partial charge in [0.2, 0.25) is 0 Å². The minimum Gasteiger partial charge on any atom is -0.476 e. The molecule has 1 atom stereocenters. The van der Waals surface area contributed by atoms with Crippen molar-refractivity contribution in [3.63, 3.8) is 0 Å². The van der Waals surface area contributed by atoms with Crippen LogP contribution >= 0.6 is 11.3 Å². The number of morpholine rings is 1. The van der Waals surface area contributed by atoms with Gasteiger partial charge in [0.05, 0.1) is 19.3 Å². The van der Waals surface area contributed by atoms with Gasteiger partial charge in [0, 0.05) is 37.1 Å². The summed E-state index contributed by atoms with van der Waals surface area (Å²) in [6.07, 6.45) is 4.19. The fraction of sp³-hybridized carbons (Fsp3) is 0.429. The molecule has 2 aromatic rings. The fourth-order valence-electron chi connectivity index (χ4n) is 3.57. The summed E-state index contributed by atoms with van der Waals surface area (Å²) < 4.78 is 11.5. The first kappa shape index (κ1) is 17.6. The zero-order valence-corrected chi connectivity index (χ0v) is 15.9. The molecule has 1 aromatic heterocycles. The van der Waals surface area contributed by atoms with Crippen LogP contribution in [0.2, 0.25) is 0 Å². The maximum absolute atomic E-state index is 6.00. The number of rotatable bonds is 7. The molecule has 5 heteroatoms. The van der Waals surface area contributed by atoms with E-state index in [0.29, 0.717) is 12.8 Å². The molecule has 1 unspecified atom stereocenters. The van der Waals surface area contributed by atoms with Gasteiger partial charge in [-0.15, -0.1) is 11.3 Å². The lowest BCUT2D eigenvalue weighted by atomic mass is 10.1. The van der Waals surface area contributed by atoms with Gasteiger partial charge in [0.1, 0.15) is 5.76 Å². The molecule has 0 saturated carbocycles. The average molecular weight is 371 g/mol. The highest BCUT2D eigenvalue weighted by atomic mass is 32.1. The van der Waals surface area contributed by atoms with Crippen LogP contribution in [0.15, 0.2) is 59.8 Å². The Morgan fingerprint density at radius 1 is 1.04 bits per heavy atom. The number of allylic oxidation sites excluding steroid dienone is 1. The van der Waals surface area contributed by atoms with E-state index < -0.39 is 0 Å². The van der Waals surface area contributed by atoms with Crippen LogP contribution in [0.4, 0.5) is 0 Å². The molecule has 4 nitrogen and oxygen atoms in total. The van der Waals surface area contributed by atoms with Crippen molar-refractivity contribution in [2.45, 2.75) is 18.9 Å². The minimum atomic E-state index is 0.381. The molecule has 0 spiro atoms. The van der Waals surface area contributed by atoms with Crippen molar-refractivity contribution >= 4 is 11.3 Å². The van der Waals surface area contributed by atoms with Crippen LogP contribution in [-0.2, 0) is 15.9 Å². The smallest absolute Gasteiger partial charge is 0.161 e. The van der Waals surface area contributed by atoms with Gasteiger partial charge in [-0.1, -0.05) is 36.4 Å². The summed E-state index contributed by atoms with van der Waals surface area (Å²) in [5, 5.41) is 2.17. The molecule has 0 radical (unpaired) electrons. The molecule has 0 aliphatic carbocycles. The van der Waals surface area contributed by atoms with Crippen molar-refractivity contribution in [1.82, 2.24) is 9.80 Å². The zero-order chi connectivity index (χ0) is 17.6. The van der Waals surface area contributed by atoms with Crippen LogP contribution in [0.5, 0.6) is 0 Å². The van der Waals surface area contributed by atoms with Crippen LogP contribution in [-0.4, -0.2) is 49.4 Å². The largest absolute Gasteiger partial charge is 0.476 e. The summed E-state index contributed by atoms with van der Waals surface area (Å²) in [5.74, 6) is 1.06. The lowest BCUT2D eigenvalue weighted by Crippen LogP contribution is -2.38. The van der Waals surface area contributed by atoms with E-state index in [4.69, 9.17) is 9.47 Å². The monoisotopic (exact) mass is 370 g/mol. The van der Waals surface area contributed by atoms with Crippen molar-refractivity contribution < 1.29 is 9.47 Å². The van der Waals surface area contributed by atoms with Gasteiger partial charge in [0.25, 0.3) is 0 Å². The van der Waals surface area contributed by atoms with E-state index in [-0.39, 0.29) is 0 Å². The fourth-order valence-corrected chi connectivity index (χ4v) is 4.45. The Kier molecular flexibility index (Phi) is 5.89. The molecule has 26 heavy (non-hydrogen) atoms. The molecule has 0 bridgehead atoms. The second kappa shape index (κ2) is 8.71. The van der Waals surface area contributed by atoms with Gasteiger partial charge in [0.15, 0.2) is 6.73 Å². The normalized spacial score (nSPS) is 19.2. The van der Waals surface area contributed by atoms with Crippen LogP contribution < -0.4 is 0 Å². The van der Waals surface area contributed by atoms with E-state index in [1.807, 2.05) is 11.3 Å². The number of ether oxygens (including phenoxy) is 2. The van der Waals surface area contributed by atoms with Crippen molar-refractivity contribution in [2.24, 2.45) is 0 Å². The van der Waals surface area contributed by atoms with Gasteiger partial charge >= 0.3 is 0 Å². The number of nitrogens with zero attached hydrogens (tertiary/aromatic N) is 2. The van der Waals surface area contributed by atoms with Crippen molar-refractivity contribution in [3.8, 4) is 0 Å². The Bertz CT molecular complexity index is 696. The lowest BCUT2D eigenvalue weighted by Gasteiger charge is -2.31. The average Bonchev–Trinajstić information content (AvgIpc) is 3.37. The zero-order valence-electron chi connectivity index (χ0n) is 15.0. The van der Waals surface area contributed by atoms with Gasteiger partial charge in [-0.25, -0.2) is 0 Å². The molecule has 1 saturated heterocycles. The minimum absolute atomic E-state index is 0.381. The Labute approximate surface area is 159 Å². The topological polar surface area (TPSA) is 24.9 Å². The third kappa shape index (κ3) is 4.47. The summed E-state index contributed by atoms with van der Waals surface area (Å²) >= 11 is 1.84. The van der Waals surface area contributed by atoms with E-state index in [0.717, 1.165) is 51.4 Å². The number of thiophene rings is 1. The number of benzene rings is 1. The van der Waals surface area contributed by atoms with E-state index >= 15 is 0 Å². The molecular formula is C21H26N2O2S. The Hall–Kier alpha value is -1.82. The first-order valence-corrected chi connectivity index (χ1v) is 10.2.